The van der Waals surface area contributed by atoms with Crippen LogP contribution >= 0.6 is 0 Å². The van der Waals surface area contributed by atoms with E-state index in [0.29, 0.717) is 6.42 Å². The number of amides is 2. The van der Waals surface area contributed by atoms with Crippen LogP contribution in [0.2, 0.25) is 0 Å². The number of nitrogens with zero attached hydrogens (tertiary/aromatic N) is 1. The zero-order valence-electron chi connectivity index (χ0n) is 7.18. The molecule has 0 spiro atoms. The Balaban J connectivity index is 2.89. The summed E-state index contributed by atoms with van der Waals surface area (Å²) in [6, 6.07) is 0. The first kappa shape index (κ1) is 8.24. The van der Waals surface area contributed by atoms with Crippen molar-refractivity contribution in [1.29, 1.82) is 0 Å². The van der Waals surface area contributed by atoms with Crippen molar-refractivity contribution in [3.63, 3.8) is 0 Å². The van der Waals surface area contributed by atoms with Gasteiger partial charge >= 0.3 is 0 Å². The van der Waals surface area contributed by atoms with Crippen LogP contribution in [0.3, 0.4) is 0 Å². The molecule has 1 rings (SSSR count). The highest BCUT2D eigenvalue weighted by molar-refractivity contribution is 5.96. The minimum absolute atomic E-state index is 0.0394. The summed E-state index contributed by atoms with van der Waals surface area (Å²) >= 11 is 0. The van der Waals surface area contributed by atoms with Crippen molar-refractivity contribution in [2.24, 2.45) is 0 Å². The summed E-state index contributed by atoms with van der Waals surface area (Å²) < 4.78 is 0. The second-order valence-electron chi connectivity index (χ2n) is 3.56. The fraction of sp³-hybridized carbons (Fsp3) is 0.750. The third kappa shape index (κ3) is 1.27. The van der Waals surface area contributed by atoms with Gasteiger partial charge in [-0.15, -0.1) is 0 Å². The standard InChI is InChI=1S/C8H13NO2/c1-6(10)9-7(11)4-5-8(9,2)3/h4-5H2,1-3H3. The lowest BCUT2D eigenvalue weighted by Gasteiger charge is -2.28. The Labute approximate surface area is 66.4 Å². The van der Waals surface area contributed by atoms with Crippen molar-refractivity contribution >= 4 is 11.8 Å². The van der Waals surface area contributed by atoms with Crippen molar-refractivity contribution in [2.45, 2.75) is 39.2 Å². The minimum Gasteiger partial charge on any atom is -0.277 e. The molecule has 1 saturated heterocycles. The van der Waals surface area contributed by atoms with E-state index in [9.17, 15) is 9.59 Å². The fourth-order valence-electron chi connectivity index (χ4n) is 1.58. The summed E-state index contributed by atoms with van der Waals surface area (Å²) in [6.45, 7) is 5.27. The van der Waals surface area contributed by atoms with Gasteiger partial charge in [0, 0.05) is 18.9 Å². The molecule has 62 valence electrons. The molecule has 0 N–H and O–H groups in total. The van der Waals surface area contributed by atoms with E-state index < -0.39 is 0 Å². The Morgan fingerprint density at radius 2 is 2.09 bits per heavy atom. The molecule has 0 bridgehead atoms. The van der Waals surface area contributed by atoms with Crippen LogP contribution in [0, 0.1) is 0 Å². The average Bonchev–Trinajstić information content (AvgIpc) is 2.06. The van der Waals surface area contributed by atoms with Gasteiger partial charge in [0.25, 0.3) is 0 Å². The van der Waals surface area contributed by atoms with E-state index in [4.69, 9.17) is 0 Å². The lowest BCUT2D eigenvalue weighted by Crippen LogP contribution is -2.43. The molecule has 11 heavy (non-hydrogen) atoms. The van der Waals surface area contributed by atoms with Crippen molar-refractivity contribution in [1.82, 2.24) is 4.90 Å². The van der Waals surface area contributed by atoms with Crippen molar-refractivity contribution in [2.75, 3.05) is 0 Å². The number of hydrogen-bond donors (Lipinski definition) is 0. The number of rotatable bonds is 0. The van der Waals surface area contributed by atoms with Gasteiger partial charge in [-0.25, -0.2) is 0 Å². The van der Waals surface area contributed by atoms with E-state index in [2.05, 4.69) is 0 Å². The second kappa shape index (κ2) is 2.32. The van der Waals surface area contributed by atoms with Crippen LogP contribution < -0.4 is 0 Å². The summed E-state index contributed by atoms with van der Waals surface area (Å²) in [7, 11) is 0. The van der Waals surface area contributed by atoms with Gasteiger partial charge in [0.2, 0.25) is 11.8 Å². The highest BCUT2D eigenvalue weighted by atomic mass is 16.2. The van der Waals surface area contributed by atoms with Gasteiger partial charge < -0.3 is 0 Å². The van der Waals surface area contributed by atoms with E-state index in [1.54, 1.807) is 0 Å². The Morgan fingerprint density at radius 3 is 2.27 bits per heavy atom. The van der Waals surface area contributed by atoms with Crippen LogP contribution in [-0.2, 0) is 9.59 Å². The van der Waals surface area contributed by atoms with Crippen LogP contribution in [0.4, 0.5) is 0 Å². The Bertz CT molecular complexity index is 208. The normalized spacial score (nSPS) is 22.5. The number of likely N-dealkylation sites (tertiary alicyclic amines) is 1. The molecular formula is C8H13NO2. The fourth-order valence-corrected chi connectivity index (χ4v) is 1.58. The van der Waals surface area contributed by atoms with Gasteiger partial charge in [0.1, 0.15) is 0 Å². The van der Waals surface area contributed by atoms with Gasteiger partial charge in [0.15, 0.2) is 0 Å². The van der Waals surface area contributed by atoms with Crippen LogP contribution in [0.15, 0.2) is 0 Å². The van der Waals surface area contributed by atoms with Gasteiger partial charge in [-0.05, 0) is 20.3 Å². The van der Waals surface area contributed by atoms with E-state index in [-0.39, 0.29) is 17.4 Å². The Morgan fingerprint density at radius 1 is 1.55 bits per heavy atom. The van der Waals surface area contributed by atoms with Crippen LogP contribution in [-0.4, -0.2) is 22.3 Å². The lowest BCUT2D eigenvalue weighted by molar-refractivity contribution is -0.144. The zero-order chi connectivity index (χ0) is 8.65. The molecule has 0 atom stereocenters. The van der Waals surface area contributed by atoms with Crippen molar-refractivity contribution in [3.8, 4) is 0 Å². The number of hydrogen-bond acceptors (Lipinski definition) is 2. The molecule has 0 radical (unpaired) electrons. The van der Waals surface area contributed by atoms with Gasteiger partial charge in [-0.3, -0.25) is 14.5 Å². The monoisotopic (exact) mass is 155 g/mol. The number of carbonyl (C=O) groups is 2. The third-order valence-electron chi connectivity index (χ3n) is 2.12. The molecule has 3 nitrogen and oxygen atoms in total. The van der Waals surface area contributed by atoms with Crippen molar-refractivity contribution < 1.29 is 9.59 Å². The molecule has 1 fully saturated rings. The topological polar surface area (TPSA) is 37.4 Å². The summed E-state index contributed by atoms with van der Waals surface area (Å²) in [4.78, 5) is 23.5. The van der Waals surface area contributed by atoms with E-state index in [1.165, 1.54) is 11.8 Å². The first-order valence-corrected chi connectivity index (χ1v) is 3.79. The van der Waals surface area contributed by atoms with Crippen LogP contribution in [0.1, 0.15) is 33.6 Å². The van der Waals surface area contributed by atoms with E-state index in [1.807, 2.05) is 13.8 Å². The number of imide groups is 1. The molecule has 0 aromatic heterocycles. The van der Waals surface area contributed by atoms with E-state index >= 15 is 0 Å². The predicted octanol–water partition coefficient (Wildman–Crippen LogP) is 0.934. The lowest BCUT2D eigenvalue weighted by atomic mass is 10.0. The predicted molar refractivity (Wildman–Crippen MR) is 40.8 cm³/mol. The second-order valence-corrected chi connectivity index (χ2v) is 3.56. The van der Waals surface area contributed by atoms with Crippen molar-refractivity contribution in [3.05, 3.63) is 0 Å². The first-order valence-electron chi connectivity index (χ1n) is 3.79. The molecule has 0 aromatic carbocycles. The maximum absolute atomic E-state index is 11.1. The quantitative estimate of drug-likeness (QED) is 0.522. The summed E-state index contributed by atoms with van der Waals surface area (Å²) in [5, 5.41) is 0. The first-order chi connectivity index (χ1) is 4.95. The molecule has 0 aromatic rings. The largest absolute Gasteiger partial charge is 0.277 e. The third-order valence-corrected chi connectivity index (χ3v) is 2.12. The highest BCUT2D eigenvalue weighted by Crippen LogP contribution is 2.28. The van der Waals surface area contributed by atoms with Crippen LogP contribution in [0.25, 0.3) is 0 Å². The molecule has 2 amide bonds. The summed E-state index contributed by atoms with van der Waals surface area (Å²) in [6.07, 6.45) is 1.29. The molecule has 1 aliphatic rings. The number of carbonyl (C=O) groups excluding carboxylic acids is 2. The zero-order valence-corrected chi connectivity index (χ0v) is 7.18. The molecule has 0 saturated carbocycles. The molecule has 3 heteroatoms. The minimum atomic E-state index is -0.261. The SMILES string of the molecule is CC(=O)N1C(=O)CCC1(C)C. The maximum atomic E-state index is 11.1. The molecule has 1 aliphatic heterocycles. The summed E-state index contributed by atoms with van der Waals surface area (Å²) in [5.41, 5.74) is -0.261. The molecule has 0 aliphatic carbocycles. The smallest absolute Gasteiger partial charge is 0.229 e. The molecular weight excluding hydrogens is 142 g/mol. The highest BCUT2D eigenvalue weighted by Gasteiger charge is 2.39. The van der Waals surface area contributed by atoms with Gasteiger partial charge in [-0.1, -0.05) is 0 Å². The van der Waals surface area contributed by atoms with Gasteiger partial charge in [-0.2, -0.15) is 0 Å². The maximum Gasteiger partial charge on any atom is 0.229 e. The van der Waals surface area contributed by atoms with E-state index in [0.717, 1.165) is 6.42 Å². The molecule has 0 unspecified atom stereocenters. The Kier molecular flexibility index (Phi) is 1.74. The Hall–Kier alpha value is -0.860. The summed E-state index contributed by atoms with van der Waals surface area (Å²) in [5.74, 6) is -0.181. The molecule has 1 heterocycles. The van der Waals surface area contributed by atoms with Crippen LogP contribution in [0.5, 0.6) is 0 Å². The average molecular weight is 155 g/mol. The van der Waals surface area contributed by atoms with Gasteiger partial charge in [0.05, 0.1) is 0 Å².